The van der Waals surface area contributed by atoms with E-state index in [1.54, 1.807) is 0 Å². The lowest BCUT2D eigenvalue weighted by Crippen LogP contribution is -2.39. The Morgan fingerprint density at radius 3 is 2.95 bits per heavy atom. The van der Waals surface area contributed by atoms with E-state index in [0.717, 1.165) is 62.6 Å². The number of aromatic nitrogens is 1. The molecule has 2 rings (SSSR count). The largest absolute Gasteiger partial charge is 0.477 e. The van der Waals surface area contributed by atoms with Gasteiger partial charge in [-0.3, -0.25) is 0 Å². The van der Waals surface area contributed by atoms with Crippen LogP contribution in [0.5, 0.6) is 0 Å². The summed E-state index contributed by atoms with van der Waals surface area (Å²) in [6.07, 6.45) is 5.05. The zero-order chi connectivity index (χ0) is 15.2. The average Bonchev–Trinajstić information content (AvgIpc) is 2.90. The third-order valence-electron chi connectivity index (χ3n) is 3.57. The van der Waals surface area contributed by atoms with Gasteiger partial charge in [-0.2, -0.15) is 0 Å². The number of carbonyl (C=O) groups is 1. The van der Waals surface area contributed by atoms with Gasteiger partial charge in [0.2, 0.25) is 0 Å². The van der Waals surface area contributed by atoms with Gasteiger partial charge in [0, 0.05) is 19.7 Å². The molecule has 1 aliphatic rings. The summed E-state index contributed by atoms with van der Waals surface area (Å²) in [4.78, 5) is 18.5. The first kappa shape index (κ1) is 16.2. The van der Waals surface area contributed by atoms with E-state index >= 15 is 0 Å². The molecule has 1 aliphatic heterocycles. The van der Waals surface area contributed by atoms with Crippen molar-refractivity contribution in [3.05, 3.63) is 10.6 Å². The Labute approximate surface area is 129 Å². The first-order valence-electron chi connectivity index (χ1n) is 7.75. The summed E-state index contributed by atoms with van der Waals surface area (Å²) in [6, 6.07) is 0. The summed E-state index contributed by atoms with van der Waals surface area (Å²) < 4.78 is 5.83. The van der Waals surface area contributed by atoms with Crippen molar-refractivity contribution in [3.8, 4) is 0 Å². The molecule has 1 aromatic rings. The van der Waals surface area contributed by atoms with Gasteiger partial charge >= 0.3 is 5.97 Å². The predicted octanol–water partition coefficient (Wildman–Crippen LogP) is 3.19. The maximum atomic E-state index is 11.3. The van der Waals surface area contributed by atoms with Gasteiger partial charge in [-0.1, -0.05) is 31.6 Å². The molecule has 5 nitrogen and oxygen atoms in total. The van der Waals surface area contributed by atoms with Crippen molar-refractivity contribution in [2.24, 2.45) is 0 Å². The molecule has 0 spiro atoms. The second-order valence-corrected chi connectivity index (χ2v) is 6.39. The number of aryl methyl sites for hydroxylation is 1. The lowest BCUT2D eigenvalue weighted by molar-refractivity contribution is 0.0440. The van der Waals surface area contributed by atoms with Crippen molar-refractivity contribution in [3.63, 3.8) is 0 Å². The quantitative estimate of drug-likeness (QED) is 0.837. The van der Waals surface area contributed by atoms with Crippen LogP contribution >= 0.6 is 11.3 Å². The Hall–Kier alpha value is -1.14. The molecule has 118 valence electrons. The molecular formula is C15H24N2O3S. The van der Waals surface area contributed by atoms with Crippen LogP contribution in [-0.4, -0.2) is 41.9 Å². The van der Waals surface area contributed by atoms with Crippen molar-refractivity contribution in [1.82, 2.24) is 4.98 Å². The van der Waals surface area contributed by atoms with Crippen molar-refractivity contribution in [1.29, 1.82) is 0 Å². The minimum Gasteiger partial charge on any atom is -0.477 e. The molecule has 0 saturated carbocycles. The third kappa shape index (κ3) is 4.17. The standard InChI is InChI=1S/C15H24N2O3S/c1-3-6-12-13(14(18)19)21-15(16-12)17-8-5-7-11(10-17)20-9-4-2/h11H,3-10H2,1-2H3,(H,18,19). The topological polar surface area (TPSA) is 62.7 Å². The zero-order valence-electron chi connectivity index (χ0n) is 12.8. The van der Waals surface area contributed by atoms with Crippen LogP contribution in [0.25, 0.3) is 0 Å². The Morgan fingerprint density at radius 2 is 2.29 bits per heavy atom. The van der Waals surface area contributed by atoms with Gasteiger partial charge in [0.25, 0.3) is 0 Å². The average molecular weight is 312 g/mol. The van der Waals surface area contributed by atoms with Crippen LogP contribution in [0.2, 0.25) is 0 Å². The molecule has 0 bridgehead atoms. The fourth-order valence-electron chi connectivity index (χ4n) is 2.58. The first-order chi connectivity index (χ1) is 10.2. The molecule has 0 aliphatic carbocycles. The highest BCUT2D eigenvalue weighted by Crippen LogP contribution is 2.30. The van der Waals surface area contributed by atoms with Crippen LogP contribution in [0.15, 0.2) is 0 Å². The van der Waals surface area contributed by atoms with E-state index in [1.165, 1.54) is 11.3 Å². The van der Waals surface area contributed by atoms with Crippen LogP contribution in [0.1, 0.15) is 54.9 Å². The van der Waals surface area contributed by atoms with E-state index in [0.29, 0.717) is 4.88 Å². The number of hydrogen-bond acceptors (Lipinski definition) is 5. The summed E-state index contributed by atoms with van der Waals surface area (Å²) in [5.74, 6) is -0.863. The lowest BCUT2D eigenvalue weighted by atomic mass is 10.1. The van der Waals surface area contributed by atoms with Crippen LogP contribution in [0.4, 0.5) is 5.13 Å². The van der Waals surface area contributed by atoms with E-state index < -0.39 is 5.97 Å². The van der Waals surface area contributed by atoms with E-state index in [-0.39, 0.29) is 6.10 Å². The Bertz CT molecular complexity index is 475. The molecule has 1 N–H and O–H groups in total. The number of piperidine rings is 1. The highest BCUT2D eigenvalue weighted by Gasteiger charge is 2.25. The molecule has 21 heavy (non-hydrogen) atoms. The van der Waals surface area contributed by atoms with Crippen molar-refractivity contribution >= 4 is 22.4 Å². The fraction of sp³-hybridized carbons (Fsp3) is 0.733. The molecule has 1 aromatic heterocycles. The van der Waals surface area contributed by atoms with Gasteiger partial charge in [0.15, 0.2) is 5.13 Å². The van der Waals surface area contributed by atoms with Gasteiger partial charge in [0.1, 0.15) is 4.88 Å². The molecule has 1 unspecified atom stereocenters. The fourth-order valence-corrected chi connectivity index (χ4v) is 3.57. The Morgan fingerprint density at radius 1 is 1.48 bits per heavy atom. The molecule has 1 atom stereocenters. The van der Waals surface area contributed by atoms with Crippen LogP contribution in [-0.2, 0) is 11.2 Å². The highest BCUT2D eigenvalue weighted by atomic mass is 32.1. The smallest absolute Gasteiger partial charge is 0.347 e. The van der Waals surface area contributed by atoms with Gasteiger partial charge < -0.3 is 14.7 Å². The second-order valence-electron chi connectivity index (χ2n) is 5.41. The zero-order valence-corrected chi connectivity index (χ0v) is 13.6. The van der Waals surface area contributed by atoms with E-state index in [4.69, 9.17) is 4.74 Å². The summed E-state index contributed by atoms with van der Waals surface area (Å²) in [7, 11) is 0. The highest BCUT2D eigenvalue weighted by molar-refractivity contribution is 7.17. The summed E-state index contributed by atoms with van der Waals surface area (Å²) >= 11 is 1.30. The number of thiazole rings is 1. The number of anilines is 1. The van der Waals surface area contributed by atoms with Crippen molar-refractivity contribution < 1.29 is 14.6 Å². The van der Waals surface area contributed by atoms with Crippen molar-refractivity contribution in [2.75, 3.05) is 24.6 Å². The minimum atomic E-state index is -0.863. The maximum absolute atomic E-state index is 11.3. The molecule has 0 aromatic carbocycles. The predicted molar refractivity (Wildman–Crippen MR) is 84.5 cm³/mol. The second kappa shape index (κ2) is 7.75. The number of hydrogen-bond donors (Lipinski definition) is 1. The summed E-state index contributed by atoms with van der Waals surface area (Å²) in [5.41, 5.74) is 0.724. The lowest BCUT2D eigenvalue weighted by Gasteiger charge is -2.32. The number of ether oxygens (including phenoxy) is 1. The van der Waals surface area contributed by atoms with E-state index in [9.17, 15) is 9.90 Å². The molecular weight excluding hydrogens is 288 g/mol. The Kier molecular flexibility index (Phi) is 5.99. The Balaban J connectivity index is 2.09. The summed E-state index contributed by atoms with van der Waals surface area (Å²) in [6.45, 7) is 6.69. The number of carboxylic acid groups (broad SMARTS) is 1. The maximum Gasteiger partial charge on any atom is 0.347 e. The molecule has 2 heterocycles. The molecule has 6 heteroatoms. The van der Waals surface area contributed by atoms with Gasteiger partial charge in [-0.05, 0) is 25.7 Å². The monoisotopic (exact) mass is 312 g/mol. The van der Waals surface area contributed by atoms with E-state index in [2.05, 4.69) is 16.8 Å². The first-order valence-corrected chi connectivity index (χ1v) is 8.56. The van der Waals surface area contributed by atoms with Crippen LogP contribution in [0, 0.1) is 0 Å². The number of nitrogens with zero attached hydrogens (tertiary/aromatic N) is 2. The van der Waals surface area contributed by atoms with Crippen LogP contribution < -0.4 is 4.90 Å². The minimum absolute atomic E-state index is 0.241. The number of carboxylic acids is 1. The SMILES string of the molecule is CCCOC1CCCN(c2nc(CCC)c(C(=O)O)s2)C1. The number of aromatic carboxylic acids is 1. The molecule has 0 radical (unpaired) electrons. The molecule has 1 saturated heterocycles. The molecule has 1 fully saturated rings. The normalized spacial score (nSPS) is 19.0. The number of rotatable bonds is 7. The van der Waals surface area contributed by atoms with Crippen molar-refractivity contribution in [2.45, 2.75) is 52.1 Å². The molecule has 0 amide bonds. The third-order valence-corrected chi connectivity index (χ3v) is 4.72. The van der Waals surface area contributed by atoms with Gasteiger partial charge in [-0.25, -0.2) is 9.78 Å². The van der Waals surface area contributed by atoms with Gasteiger partial charge in [0.05, 0.1) is 11.8 Å². The van der Waals surface area contributed by atoms with E-state index in [1.807, 2.05) is 6.92 Å². The van der Waals surface area contributed by atoms with Gasteiger partial charge in [-0.15, -0.1) is 0 Å². The van der Waals surface area contributed by atoms with Crippen LogP contribution in [0.3, 0.4) is 0 Å². The summed E-state index contributed by atoms with van der Waals surface area (Å²) in [5, 5.41) is 10.1.